The van der Waals surface area contributed by atoms with Crippen LogP contribution < -0.4 is 15.4 Å². The Bertz CT molecular complexity index is 1050. The van der Waals surface area contributed by atoms with Gasteiger partial charge in [-0.25, -0.2) is 13.8 Å². The van der Waals surface area contributed by atoms with E-state index in [2.05, 4.69) is 25.3 Å². The summed E-state index contributed by atoms with van der Waals surface area (Å²) in [5.41, 5.74) is 0.456. The zero-order chi connectivity index (χ0) is 22.4. The molecule has 0 saturated heterocycles. The van der Waals surface area contributed by atoms with Gasteiger partial charge in [-0.3, -0.25) is 0 Å². The van der Waals surface area contributed by atoms with Crippen LogP contribution in [0.25, 0.3) is 11.3 Å². The van der Waals surface area contributed by atoms with Crippen molar-refractivity contribution < 1.29 is 31.8 Å². The molecule has 2 aromatic carbocycles. The lowest BCUT2D eigenvalue weighted by molar-refractivity contribution is -0.274. The highest BCUT2D eigenvalue weighted by atomic mass is 19.4. The average Bonchev–Trinajstić information content (AvgIpc) is 2.69. The number of aliphatic hydroxyl groups excluding tert-OH is 1. The Hall–Kier alpha value is -3.47. The summed E-state index contributed by atoms with van der Waals surface area (Å²) >= 11 is 0. The fourth-order valence-corrected chi connectivity index (χ4v) is 2.60. The maximum atomic E-state index is 14.0. The highest BCUT2D eigenvalue weighted by molar-refractivity contribution is 5.68. The van der Waals surface area contributed by atoms with Gasteiger partial charge >= 0.3 is 6.36 Å². The molecule has 0 unspecified atom stereocenters. The van der Waals surface area contributed by atoms with Gasteiger partial charge < -0.3 is 20.5 Å². The number of hydrogen-bond acceptors (Lipinski definition) is 6. The van der Waals surface area contributed by atoms with E-state index in [1.807, 2.05) is 0 Å². The minimum Gasteiger partial charge on any atom is -0.406 e. The summed E-state index contributed by atoms with van der Waals surface area (Å²) in [6.07, 6.45) is -4.45. The molecule has 0 aliphatic rings. The molecule has 0 fully saturated rings. The average molecular weight is 440 g/mol. The Balaban J connectivity index is 1.96. The number of ether oxygens (including phenoxy) is 1. The molecule has 3 aromatic rings. The first-order chi connectivity index (χ1) is 14.7. The van der Waals surface area contributed by atoms with Crippen LogP contribution in [-0.2, 0) is 0 Å². The number of alkyl halides is 3. The third kappa shape index (κ3) is 6.51. The molecule has 0 atom stereocenters. The highest BCUT2D eigenvalue weighted by Gasteiger charge is 2.31. The van der Waals surface area contributed by atoms with Crippen LogP contribution in [0.5, 0.6) is 5.75 Å². The van der Waals surface area contributed by atoms with Gasteiger partial charge in [0, 0.05) is 30.8 Å². The molecular weight excluding hydrogens is 423 g/mol. The van der Waals surface area contributed by atoms with Crippen molar-refractivity contribution in [2.75, 3.05) is 23.8 Å². The third-order valence-electron chi connectivity index (χ3n) is 3.90. The monoisotopic (exact) mass is 440 g/mol. The lowest BCUT2D eigenvalue weighted by Gasteiger charge is -2.13. The van der Waals surface area contributed by atoms with E-state index >= 15 is 0 Å². The highest BCUT2D eigenvalue weighted by Crippen LogP contribution is 2.29. The number of anilines is 3. The van der Waals surface area contributed by atoms with Gasteiger partial charge in [-0.15, -0.1) is 13.2 Å². The molecule has 6 nitrogen and oxygen atoms in total. The lowest BCUT2D eigenvalue weighted by atomic mass is 10.1. The Kier molecular flexibility index (Phi) is 6.85. The number of rotatable bonds is 8. The van der Waals surface area contributed by atoms with Gasteiger partial charge in [0.2, 0.25) is 5.95 Å². The number of halogens is 5. The van der Waals surface area contributed by atoms with E-state index in [1.165, 1.54) is 24.3 Å². The number of hydrogen-bond donors (Lipinski definition) is 3. The van der Waals surface area contributed by atoms with E-state index in [4.69, 9.17) is 5.11 Å². The SMILES string of the molecule is OCCCNc1nc(Nc2ccc(F)cc2F)cc(-c2cccc(OC(F)(F)F)c2)n1. The van der Waals surface area contributed by atoms with Gasteiger partial charge in [0.15, 0.2) is 0 Å². The van der Waals surface area contributed by atoms with Crippen LogP contribution in [0.3, 0.4) is 0 Å². The Morgan fingerprint density at radius 1 is 1.00 bits per heavy atom. The molecule has 1 aromatic heterocycles. The number of benzene rings is 2. The van der Waals surface area contributed by atoms with E-state index in [1.54, 1.807) is 0 Å². The first kappa shape index (κ1) is 22.2. The lowest BCUT2D eigenvalue weighted by Crippen LogP contribution is -2.17. The second kappa shape index (κ2) is 9.56. The van der Waals surface area contributed by atoms with E-state index in [-0.39, 0.29) is 35.3 Å². The molecule has 3 rings (SSSR count). The van der Waals surface area contributed by atoms with E-state index < -0.39 is 23.7 Å². The van der Waals surface area contributed by atoms with E-state index in [9.17, 15) is 22.0 Å². The molecule has 0 radical (unpaired) electrons. The van der Waals surface area contributed by atoms with Crippen LogP contribution in [0.15, 0.2) is 48.5 Å². The molecule has 31 heavy (non-hydrogen) atoms. The van der Waals surface area contributed by atoms with Gasteiger partial charge in [0.05, 0.1) is 11.4 Å². The molecule has 164 valence electrons. The first-order valence-corrected chi connectivity index (χ1v) is 9.05. The van der Waals surface area contributed by atoms with Crippen LogP contribution in [0.1, 0.15) is 6.42 Å². The molecule has 0 saturated carbocycles. The minimum absolute atomic E-state index is 0.0542. The van der Waals surface area contributed by atoms with Crippen molar-refractivity contribution in [2.24, 2.45) is 0 Å². The fourth-order valence-electron chi connectivity index (χ4n) is 2.60. The molecule has 0 bridgehead atoms. The van der Waals surface area contributed by atoms with Crippen LogP contribution in [0, 0.1) is 11.6 Å². The van der Waals surface area contributed by atoms with Gasteiger partial charge in [0.25, 0.3) is 0 Å². The summed E-state index contributed by atoms with van der Waals surface area (Å²) in [4.78, 5) is 8.44. The number of aliphatic hydroxyl groups is 1. The zero-order valence-corrected chi connectivity index (χ0v) is 15.9. The maximum absolute atomic E-state index is 14.0. The largest absolute Gasteiger partial charge is 0.573 e. The predicted molar refractivity (Wildman–Crippen MR) is 104 cm³/mol. The summed E-state index contributed by atoms with van der Waals surface area (Å²) < 4.78 is 68.7. The fraction of sp³-hybridized carbons (Fsp3) is 0.200. The quantitative estimate of drug-likeness (QED) is 0.343. The molecule has 11 heteroatoms. The van der Waals surface area contributed by atoms with Crippen molar-refractivity contribution in [3.05, 3.63) is 60.2 Å². The van der Waals surface area contributed by atoms with Crippen LogP contribution >= 0.6 is 0 Å². The number of aromatic nitrogens is 2. The molecule has 0 amide bonds. The van der Waals surface area contributed by atoms with Crippen molar-refractivity contribution in [3.63, 3.8) is 0 Å². The normalized spacial score (nSPS) is 11.3. The topological polar surface area (TPSA) is 79.3 Å². The zero-order valence-electron chi connectivity index (χ0n) is 15.9. The standard InChI is InChI=1S/C20H17F5N4O2/c21-13-5-6-16(15(22)10-13)27-18-11-17(28-19(29-18)26-7-2-8-30)12-3-1-4-14(9-12)31-20(23,24)25/h1,3-6,9-11,30H,2,7-8H2,(H2,26,27,28,29). The summed E-state index contributed by atoms with van der Waals surface area (Å²) in [5, 5.41) is 14.5. The second-order valence-electron chi connectivity index (χ2n) is 6.29. The Morgan fingerprint density at radius 3 is 2.52 bits per heavy atom. The van der Waals surface area contributed by atoms with Gasteiger partial charge in [0.1, 0.15) is 23.2 Å². The van der Waals surface area contributed by atoms with Crippen LogP contribution in [0.2, 0.25) is 0 Å². The molecular formula is C20H17F5N4O2. The van der Waals surface area contributed by atoms with Crippen LogP contribution in [-0.4, -0.2) is 34.6 Å². The third-order valence-corrected chi connectivity index (χ3v) is 3.90. The summed E-state index contributed by atoms with van der Waals surface area (Å²) in [7, 11) is 0. The summed E-state index contributed by atoms with van der Waals surface area (Å²) in [5.74, 6) is -1.82. The van der Waals surface area contributed by atoms with Crippen molar-refractivity contribution >= 4 is 17.5 Å². The van der Waals surface area contributed by atoms with Gasteiger partial charge in [-0.05, 0) is 30.7 Å². The summed E-state index contributed by atoms with van der Waals surface area (Å²) in [6.45, 7) is 0.247. The molecule has 0 aliphatic carbocycles. The predicted octanol–water partition coefficient (Wildman–Crippen LogP) is 4.86. The van der Waals surface area contributed by atoms with Crippen molar-refractivity contribution in [1.82, 2.24) is 9.97 Å². The van der Waals surface area contributed by atoms with E-state index in [0.717, 1.165) is 18.2 Å². The number of nitrogens with one attached hydrogen (secondary N) is 2. The first-order valence-electron chi connectivity index (χ1n) is 9.05. The van der Waals surface area contributed by atoms with Gasteiger partial charge in [-0.1, -0.05) is 12.1 Å². The van der Waals surface area contributed by atoms with Crippen molar-refractivity contribution in [1.29, 1.82) is 0 Å². The van der Waals surface area contributed by atoms with Gasteiger partial charge in [-0.2, -0.15) is 4.98 Å². The van der Waals surface area contributed by atoms with E-state index in [0.29, 0.717) is 19.0 Å². The smallest absolute Gasteiger partial charge is 0.406 e. The second-order valence-corrected chi connectivity index (χ2v) is 6.29. The Morgan fingerprint density at radius 2 is 1.81 bits per heavy atom. The molecule has 0 spiro atoms. The van der Waals surface area contributed by atoms with Crippen molar-refractivity contribution in [2.45, 2.75) is 12.8 Å². The molecule has 3 N–H and O–H groups in total. The van der Waals surface area contributed by atoms with Crippen molar-refractivity contribution in [3.8, 4) is 17.0 Å². The summed E-state index contributed by atoms with van der Waals surface area (Å²) in [6, 6.07) is 9.52. The van der Waals surface area contributed by atoms with Crippen LogP contribution in [0.4, 0.5) is 39.4 Å². The maximum Gasteiger partial charge on any atom is 0.573 e. The molecule has 1 heterocycles. The Labute approximate surface area is 173 Å². The number of nitrogens with zero attached hydrogens (tertiary/aromatic N) is 2. The molecule has 0 aliphatic heterocycles. The minimum atomic E-state index is -4.85.